The molecule has 6 heteroatoms. The van der Waals surface area contributed by atoms with E-state index < -0.39 is 0 Å². The van der Waals surface area contributed by atoms with Gasteiger partial charge in [0.15, 0.2) is 0 Å². The molecule has 0 heterocycles. The Morgan fingerprint density at radius 3 is 2.71 bits per heavy atom. The van der Waals surface area contributed by atoms with Crippen LogP contribution in [0.5, 0.6) is 0 Å². The number of hydrogen-bond acceptors (Lipinski definition) is 2. The van der Waals surface area contributed by atoms with Gasteiger partial charge in [-0.25, -0.2) is 5.48 Å². The van der Waals surface area contributed by atoms with E-state index in [-0.39, 0.29) is 39.9 Å². The first-order valence-corrected chi connectivity index (χ1v) is 5.25. The zero-order valence-corrected chi connectivity index (χ0v) is 13.6. The molecule has 0 saturated heterocycles. The molecule has 0 saturated carbocycles. The molecule has 1 N–H and O–H groups in total. The molecule has 17 heavy (non-hydrogen) atoms. The lowest BCUT2D eigenvalue weighted by atomic mass is 10.2. The van der Waals surface area contributed by atoms with Gasteiger partial charge in [0.2, 0.25) is 5.91 Å². The van der Waals surface area contributed by atoms with Gasteiger partial charge in [0.05, 0.1) is 6.61 Å². The van der Waals surface area contributed by atoms with Crippen molar-refractivity contribution in [3.05, 3.63) is 34.9 Å². The predicted molar refractivity (Wildman–Crippen MR) is 80.2 cm³/mol. The molecule has 0 unspecified atom stereocenters. The van der Waals surface area contributed by atoms with Gasteiger partial charge in [0, 0.05) is 11.4 Å². The number of halogens is 3. The summed E-state index contributed by atoms with van der Waals surface area (Å²) < 4.78 is 0. The van der Waals surface area contributed by atoms with E-state index in [4.69, 9.17) is 16.4 Å². The van der Waals surface area contributed by atoms with Crippen LogP contribution >= 0.6 is 45.6 Å². The molecule has 98 valence electrons. The zero-order chi connectivity index (χ0) is 11.1. The van der Waals surface area contributed by atoms with Crippen LogP contribution in [0.25, 0.3) is 0 Å². The molecule has 1 amide bonds. The highest BCUT2D eigenvalue weighted by atomic mass is 79.9. The SMILES string of the molecule is Br.Br.CCC(=O)NOCCc1cccc(Cl)c1. The van der Waals surface area contributed by atoms with Gasteiger partial charge in [-0.3, -0.25) is 9.63 Å². The van der Waals surface area contributed by atoms with Gasteiger partial charge in [-0.1, -0.05) is 30.7 Å². The lowest BCUT2D eigenvalue weighted by Crippen LogP contribution is -2.23. The topological polar surface area (TPSA) is 38.3 Å². The predicted octanol–water partition coefficient (Wildman–Crippen LogP) is 3.50. The number of carbonyl (C=O) groups is 1. The molecule has 3 nitrogen and oxygen atoms in total. The monoisotopic (exact) mass is 387 g/mol. The van der Waals surface area contributed by atoms with Gasteiger partial charge in [0.1, 0.15) is 0 Å². The van der Waals surface area contributed by atoms with Crippen molar-refractivity contribution in [2.24, 2.45) is 0 Å². The van der Waals surface area contributed by atoms with Crippen LogP contribution in [-0.2, 0) is 16.1 Å². The lowest BCUT2D eigenvalue weighted by Gasteiger charge is -2.04. The Labute approximate surface area is 127 Å². The largest absolute Gasteiger partial charge is 0.273 e. The van der Waals surface area contributed by atoms with Crippen LogP contribution in [0, 0.1) is 0 Å². The molecule has 0 atom stereocenters. The lowest BCUT2D eigenvalue weighted by molar-refractivity contribution is -0.133. The molecular formula is C11H16Br2ClNO2. The first-order valence-electron chi connectivity index (χ1n) is 4.87. The Bertz CT molecular complexity index is 337. The second kappa shape index (κ2) is 11.0. The second-order valence-corrected chi connectivity index (χ2v) is 3.54. The number of hydrogen-bond donors (Lipinski definition) is 1. The standard InChI is InChI=1S/C11H14ClNO2.2BrH/c1-2-11(14)13-15-7-6-9-4-3-5-10(12)8-9;;/h3-5,8H,2,6-7H2,1H3,(H,13,14);2*1H. The van der Waals surface area contributed by atoms with E-state index in [1.165, 1.54) is 0 Å². The van der Waals surface area contributed by atoms with Gasteiger partial charge in [-0.05, 0) is 24.1 Å². The van der Waals surface area contributed by atoms with Crippen molar-refractivity contribution in [3.8, 4) is 0 Å². The third kappa shape index (κ3) is 8.60. The van der Waals surface area contributed by atoms with Gasteiger partial charge in [0.25, 0.3) is 0 Å². The number of carbonyl (C=O) groups excluding carboxylic acids is 1. The second-order valence-electron chi connectivity index (χ2n) is 3.11. The van der Waals surface area contributed by atoms with Crippen molar-refractivity contribution in [2.45, 2.75) is 19.8 Å². The molecule has 1 aromatic carbocycles. The van der Waals surface area contributed by atoms with Gasteiger partial charge in [-0.15, -0.1) is 34.0 Å². The fourth-order valence-electron chi connectivity index (χ4n) is 1.07. The minimum Gasteiger partial charge on any atom is -0.273 e. The zero-order valence-electron chi connectivity index (χ0n) is 9.44. The molecule has 0 aliphatic carbocycles. The van der Waals surface area contributed by atoms with Crippen molar-refractivity contribution < 1.29 is 9.63 Å². The van der Waals surface area contributed by atoms with E-state index in [2.05, 4.69) is 5.48 Å². The molecule has 0 spiro atoms. The fourth-order valence-corrected chi connectivity index (χ4v) is 1.28. The molecule has 0 aliphatic heterocycles. The first kappa shape index (κ1) is 19.2. The van der Waals surface area contributed by atoms with E-state index >= 15 is 0 Å². The average molecular weight is 390 g/mol. The summed E-state index contributed by atoms with van der Waals surface area (Å²) in [6, 6.07) is 7.57. The minimum absolute atomic E-state index is 0. The average Bonchev–Trinajstić information content (AvgIpc) is 2.24. The summed E-state index contributed by atoms with van der Waals surface area (Å²) in [5, 5.41) is 0.713. The van der Waals surface area contributed by atoms with Crippen LogP contribution in [0.2, 0.25) is 5.02 Å². The van der Waals surface area contributed by atoms with Crippen LogP contribution in [-0.4, -0.2) is 12.5 Å². The minimum atomic E-state index is -0.110. The Morgan fingerprint density at radius 1 is 1.41 bits per heavy atom. The van der Waals surface area contributed by atoms with Gasteiger partial charge < -0.3 is 0 Å². The maximum absolute atomic E-state index is 10.8. The molecule has 0 fully saturated rings. The highest BCUT2D eigenvalue weighted by Crippen LogP contribution is 2.10. The van der Waals surface area contributed by atoms with E-state index in [1.54, 1.807) is 6.92 Å². The molecule has 1 rings (SSSR count). The van der Waals surface area contributed by atoms with Crippen molar-refractivity contribution in [1.82, 2.24) is 5.48 Å². The van der Waals surface area contributed by atoms with Crippen LogP contribution < -0.4 is 5.48 Å². The highest BCUT2D eigenvalue weighted by molar-refractivity contribution is 8.93. The third-order valence-corrected chi connectivity index (χ3v) is 2.12. The van der Waals surface area contributed by atoms with E-state index in [0.717, 1.165) is 12.0 Å². The summed E-state index contributed by atoms with van der Waals surface area (Å²) in [5.41, 5.74) is 3.44. The molecule has 0 radical (unpaired) electrons. The summed E-state index contributed by atoms with van der Waals surface area (Å²) in [4.78, 5) is 15.8. The molecule has 0 bridgehead atoms. The fraction of sp³-hybridized carbons (Fsp3) is 0.364. The van der Waals surface area contributed by atoms with Crippen LogP contribution in [0.4, 0.5) is 0 Å². The van der Waals surface area contributed by atoms with Crippen LogP contribution in [0.3, 0.4) is 0 Å². The summed E-state index contributed by atoms with van der Waals surface area (Å²) in [7, 11) is 0. The van der Waals surface area contributed by atoms with Crippen LogP contribution in [0.1, 0.15) is 18.9 Å². The normalized spacial score (nSPS) is 8.82. The van der Waals surface area contributed by atoms with E-state index in [9.17, 15) is 4.79 Å². The number of nitrogens with one attached hydrogen (secondary N) is 1. The number of hydroxylamine groups is 1. The Kier molecular flexibility index (Phi) is 12.5. The number of rotatable bonds is 5. The summed E-state index contributed by atoms with van der Waals surface area (Å²) in [5.74, 6) is -0.110. The first-order chi connectivity index (χ1) is 7.22. The maximum atomic E-state index is 10.8. The van der Waals surface area contributed by atoms with Gasteiger partial charge in [-0.2, -0.15) is 0 Å². The smallest absolute Gasteiger partial charge is 0.243 e. The third-order valence-electron chi connectivity index (χ3n) is 1.89. The highest BCUT2D eigenvalue weighted by Gasteiger charge is 1.97. The van der Waals surface area contributed by atoms with Crippen molar-refractivity contribution in [2.75, 3.05) is 6.61 Å². The van der Waals surface area contributed by atoms with E-state index in [1.807, 2.05) is 24.3 Å². The van der Waals surface area contributed by atoms with Crippen molar-refractivity contribution in [3.63, 3.8) is 0 Å². The number of amides is 1. The summed E-state index contributed by atoms with van der Waals surface area (Å²) >= 11 is 5.82. The van der Waals surface area contributed by atoms with Gasteiger partial charge >= 0.3 is 0 Å². The Morgan fingerprint density at radius 2 is 2.12 bits per heavy atom. The quantitative estimate of drug-likeness (QED) is 0.618. The Hall–Kier alpha value is -0.100. The molecule has 0 aliphatic rings. The summed E-state index contributed by atoms with van der Waals surface area (Å²) in [6.45, 7) is 2.22. The number of benzene rings is 1. The molecule has 0 aromatic heterocycles. The molecule has 1 aromatic rings. The Balaban J connectivity index is 0. The van der Waals surface area contributed by atoms with Crippen LogP contribution in [0.15, 0.2) is 24.3 Å². The van der Waals surface area contributed by atoms with E-state index in [0.29, 0.717) is 18.1 Å². The molecular weight excluding hydrogens is 373 g/mol. The van der Waals surface area contributed by atoms with Crippen molar-refractivity contribution >= 4 is 51.5 Å². The van der Waals surface area contributed by atoms with Crippen molar-refractivity contribution in [1.29, 1.82) is 0 Å². The maximum Gasteiger partial charge on any atom is 0.243 e. The summed E-state index contributed by atoms with van der Waals surface area (Å²) in [6.07, 6.45) is 1.15.